The number of benzene rings is 3. The zero-order valence-electron chi connectivity index (χ0n) is 41.8. The molecule has 4 aliphatic rings. The molecule has 16 heteroatoms. The van der Waals surface area contributed by atoms with E-state index in [1.807, 2.05) is 38.8 Å². The highest BCUT2D eigenvalue weighted by Crippen LogP contribution is 2.52. The fourth-order valence-corrected chi connectivity index (χ4v) is 11.6. The van der Waals surface area contributed by atoms with E-state index < -0.39 is 24.3 Å². The van der Waals surface area contributed by atoms with E-state index in [0.29, 0.717) is 31.3 Å². The molecule has 4 amide bonds. The molecule has 0 aliphatic carbocycles. The van der Waals surface area contributed by atoms with Gasteiger partial charge in [0.15, 0.2) is 0 Å². The highest BCUT2D eigenvalue weighted by molar-refractivity contribution is 5.88. The molecule has 2 bridgehead atoms. The molecule has 3 unspecified atom stereocenters. The highest BCUT2D eigenvalue weighted by Gasteiger charge is 2.43. The second-order valence-corrected chi connectivity index (χ2v) is 21.0. The molecule has 9 atom stereocenters. The predicted molar refractivity (Wildman–Crippen MR) is 268 cm³/mol. The fourth-order valence-electron chi connectivity index (χ4n) is 11.6. The minimum absolute atomic E-state index is 0.120. The van der Waals surface area contributed by atoms with Crippen LogP contribution in [0, 0.1) is 29.6 Å². The zero-order valence-corrected chi connectivity index (χ0v) is 41.8. The Bertz CT molecular complexity index is 2750. The number of rotatable bonds is 12. The van der Waals surface area contributed by atoms with Gasteiger partial charge in [-0.05, 0) is 94.2 Å². The Labute approximate surface area is 410 Å². The number of H-pyrrole nitrogens is 1. The van der Waals surface area contributed by atoms with Crippen LogP contribution in [0.25, 0.3) is 44.8 Å². The van der Waals surface area contributed by atoms with Gasteiger partial charge in [0.05, 0.1) is 50.1 Å². The molecular formula is C54H68N10O6. The summed E-state index contributed by atoms with van der Waals surface area (Å²) in [4.78, 5) is 68.9. The van der Waals surface area contributed by atoms with Crippen LogP contribution in [-0.4, -0.2) is 92.8 Å². The molecule has 5 aromatic rings. The minimum atomic E-state index is -0.742. The molecule has 6 N–H and O–H groups in total. The monoisotopic (exact) mass is 953 g/mol. The lowest BCUT2D eigenvalue weighted by Gasteiger charge is -2.30. The Hall–Kier alpha value is -6.68. The standard InChI is InChI=1S/C54H68N10O6/c1-28(2)47(60-53(67)69-8)51(65)62-26-31(6)22-42(62)49-56-24-41(59-49)35-14-10-33(11-15-35)37-18-19-38(46-40-21-30(5)20-39(58-40)45(37)46)34-12-16-36(17-13-34)44-25-57-50(64(44)55)43-23-32(7)27-63(43)52(66)48(29(3)4)61-54(68)70-9/h10-19,24-25,28-32,39-40,42-43,47-48,58H,20-23,26-27,55H2,1-9H3,(H,56,59)(H,60,67)(H,61,68)/t30?,31-,32-,39?,40?,42+,43+,47+,48+/m1/s1. The summed E-state index contributed by atoms with van der Waals surface area (Å²) in [5, 5.41) is 9.44. The van der Waals surface area contributed by atoms with Crippen LogP contribution in [0.4, 0.5) is 9.59 Å². The Morgan fingerprint density at radius 1 is 0.629 bits per heavy atom. The normalized spacial score (nSPS) is 23.6. The smallest absolute Gasteiger partial charge is 0.407 e. The first-order valence-corrected chi connectivity index (χ1v) is 24.9. The van der Waals surface area contributed by atoms with E-state index in [4.69, 9.17) is 25.3 Å². The van der Waals surface area contributed by atoms with Crippen molar-refractivity contribution in [1.82, 2.24) is 45.4 Å². The van der Waals surface area contributed by atoms with Crippen LogP contribution < -0.4 is 21.8 Å². The quantitative estimate of drug-likeness (QED) is 0.0754. The van der Waals surface area contributed by atoms with E-state index in [2.05, 4.69) is 102 Å². The van der Waals surface area contributed by atoms with E-state index in [1.165, 1.54) is 36.5 Å². The first-order chi connectivity index (χ1) is 33.5. The SMILES string of the molecule is COC(=O)N[C@H](C(=O)N1C[C@H](C)C[C@H]1c1ncc(-c2ccc(-c3ccc(-c4ccc(-c5cnc([C@@H]6C[C@@H](C)CN6C(=O)[C@@H](NC(=O)OC)C(C)C)n5N)cc4)c4c3C3CC(C)CC4N3)cc2)[nH]1)C(C)C. The van der Waals surface area contributed by atoms with Crippen molar-refractivity contribution in [1.29, 1.82) is 0 Å². The number of hydrogen-bond donors (Lipinski definition) is 5. The van der Waals surface area contributed by atoms with Crippen LogP contribution in [0.2, 0.25) is 0 Å². The molecule has 6 heterocycles. The number of nitrogen functional groups attached to an aromatic ring is 1. The summed E-state index contributed by atoms with van der Waals surface area (Å²) in [6.07, 6.45) is 5.96. The van der Waals surface area contributed by atoms with Gasteiger partial charge in [0.1, 0.15) is 23.7 Å². The second kappa shape index (κ2) is 19.6. The first-order valence-electron chi connectivity index (χ1n) is 24.9. The Balaban J connectivity index is 0.954. The van der Waals surface area contributed by atoms with Crippen molar-refractivity contribution in [3.05, 3.63) is 95.8 Å². The van der Waals surface area contributed by atoms with Crippen molar-refractivity contribution in [2.45, 2.75) is 110 Å². The van der Waals surface area contributed by atoms with Crippen LogP contribution in [0.3, 0.4) is 0 Å². The third kappa shape index (κ3) is 9.13. The van der Waals surface area contributed by atoms with Gasteiger partial charge in [0.25, 0.3) is 0 Å². The third-order valence-corrected chi connectivity index (χ3v) is 15.1. The summed E-state index contributed by atoms with van der Waals surface area (Å²) >= 11 is 0. The van der Waals surface area contributed by atoms with Crippen molar-refractivity contribution in [2.24, 2.45) is 29.6 Å². The van der Waals surface area contributed by atoms with Crippen LogP contribution in [0.1, 0.15) is 121 Å². The Morgan fingerprint density at radius 2 is 1.10 bits per heavy atom. The topological polar surface area (TPSA) is 202 Å². The molecule has 2 aromatic heterocycles. The van der Waals surface area contributed by atoms with Gasteiger partial charge < -0.3 is 46.1 Å². The molecule has 370 valence electrons. The summed E-state index contributed by atoms with van der Waals surface area (Å²) in [5.41, 5.74) is 11.0. The zero-order chi connectivity index (χ0) is 49.7. The Kier molecular flexibility index (Phi) is 13.5. The fraction of sp³-hybridized carbons (Fsp3) is 0.481. The predicted octanol–water partition coefficient (Wildman–Crippen LogP) is 8.68. The van der Waals surface area contributed by atoms with E-state index in [9.17, 15) is 19.2 Å². The number of ether oxygens (including phenoxy) is 2. The maximum atomic E-state index is 13.9. The molecule has 3 saturated heterocycles. The molecule has 70 heavy (non-hydrogen) atoms. The molecule has 0 spiro atoms. The number of nitrogens with one attached hydrogen (secondary N) is 4. The number of nitrogens with zero attached hydrogens (tertiary/aromatic N) is 5. The number of amides is 4. The number of aromatic amines is 1. The van der Waals surface area contributed by atoms with Crippen LogP contribution >= 0.6 is 0 Å². The third-order valence-electron chi connectivity index (χ3n) is 15.1. The maximum absolute atomic E-state index is 13.9. The number of fused-ring (bicyclic) bond motifs is 5. The molecule has 9 rings (SSSR count). The maximum Gasteiger partial charge on any atom is 0.407 e. The number of imidazole rings is 2. The minimum Gasteiger partial charge on any atom is -0.453 e. The number of aromatic nitrogens is 4. The lowest BCUT2D eigenvalue weighted by molar-refractivity contribution is -0.136. The lowest BCUT2D eigenvalue weighted by atomic mass is 9.86. The van der Waals surface area contributed by atoms with E-state index >= 15 is 0 Å². The summed E-state index contributed by atoms with van der Waals surface area (Å²) in [6.45, 7) is 15.3. The lowest BCUT2D eigenvalue weighted by Crippen LogP contribution is -2.51. The highest BCUT2D eigenvalue weighted by atomic mass is 16.5. The number of carbonyl (C=O) groups is 4. The molecule has 16 nitrogen and oxygen atoms in total. The first kappa shape index (κ1) is 48.3. The Morgan fingerprint density at radius 3 is 1.60 bits per heavy atom. The van der Waals surface area contributed by atoms with Crippen molar-refractivity contribution in [3.8, 4) is 44.8 Å². The largest absolute Gasteiger partial charge is 0.453 e. The van der Waals surface area contributed by atoms with E-state index in [1.54, 1.807) is 15.8 Å². The van der Waals surface area contributed by atoms with Crippen molar-refractivity contribution in [2.75, 3.05) is 33.2 Å². The molecular weight excluding hydrogens is 885 g/mol. The summed E-state index contributed by atoms with van der Waals surface area (Å²) in [7, 11) is 2.59. The number of nitrogens with two attached hydrogens (primary N) is 1. The van der Waals surface area contributed by atoms with Gasteiger partial charge in [0.2, 0.25) is 11.8 Å². The van der Waals surface area contributed by atoms with Gasteiger partial charge in [0, 0.05) is 30.7 Å². The number of carbonyl (C=O) groups excluding carboxylic acids is 4. The van der Waals surface area contributed by atoms with Crippen LogP contribution in [0.15, 0.2) is 73.1 Å². The number of piperidine rings is 1. The van der Waals surface area contributed by atoms with Gasteiger partial charge in [-0.3, -0.25) is 9.59 Å². The van der Waals surface area contributed by atoms with Crippen molar-refractivity contribution < 1.29 is 28.7 Å². The van der Waals surface area contributed by atoms with Gasteiger partial charge in [-0.2, -0.15) is 0 Å². The molecule has 0 radical (unpaired) electrons. The van der Waals surface area contributed by atoms with Gasteiger partial charge in [-0.1, -0.05) is 109 Å². The summed E-state index contributed by atoms with van der Waals surface area (Å²) in [5.74, 6) is 8.66. The van der Waals surface area contributed by atoms with Crippen molar-refractivity contribution in [3.63, 3.8) is 0 Å². The van der Waals surface area contributed by atoms with Gasteiger partial charge in [-0.15, -0.1) is 0 Å². The molecule has 0 saturated carbocycles. The average Bonchev–Trinajstić information content (AvgIpc) is 4.20. The van der Waals surface area contributed by atoms with Crippen molar-refractivity contribution >= 4 is 24.0 Å². The number of hydrogen-bond acceptors (Lipinski definition) is 10. The number of methoxy groups -OCH3 is 2. The molecule has 3 fully saturated rings. The molecule has 4 aliphatic heterocycles. The van der Waals surface area contributed by atoms with Crippen LogP contribution in [-0.2, 0) is 19.1 Å². The number of alkyl carbamates (subject to hydrolysis) is 2. The van der Waals surface area contributed by atoms with Gasteiger partial charge in [-0.25, -0.2) is 24.2 Å². The van der Waals surface area contributed by atoms with E-state index in [-0.39, 0.29) is 59.7 Å². The summed E-state index contributed by atoms with van der Waals surface area (Å²) in [6, 6.07) is 20.2. The van der Waals surface area contributed by atoms with E-state index in [0.717, 1.165) is 58.7 Å². The number of likely N-dealkylation sites (tertiary alicyclic amines) is 2. The van der Waals surface area contributed by atoms with Gasteiger partial charge >= 0.3 is 12.2 Å². The molecule has 3 aromatic carbocycles. The summed E-state index contributed by atoms with van der Waals surface area (Å²) < 4.78 is 11.3. The van der Waals surface area contributed by atoms with Crippen LogP contribution in [0.5, 0.6) is 0 Å². The average molecular weight is 953 g/mol. The second-order valence-electron chi connectivity index (χ2n) is 21.0.